The van der Waals surface area contributed by atoms with Crippen molar-refractivity contribution in [3.8, 4) is 17.2 Å². The summed E-state index contributed by atoms with van der Waals surface area (Å²) < 4.78 is 15.7. The van der Waals surface area contributed by atoms with E-state index in [9.17, 15) is 14.4 Å². The molecule has 0 saturated carbocycles. The third-order valence-electron chi connectivity index (χ3n) is 5.41. The number of rotatable bonds is 7. The van der Waals surface area contributed by atoms with Crippen LogP contribution < -0.4 is 19.5 Å². The molecule has 0 aliphatic carbocycles. The summed E-state index contributed by atoms with van der Waals surface area (Å²) in [7, 11) is 1.60. The van der Waals surface area contributed by atoms with Gasteiger partial charge in [0.2, 0.25) is 6.79 Å². The molecule has 0 aromatic heterocycles. The zero-order valence-electron chi connectivity index (χ0n) is 16.8. The first kappa shape index (κ1) is 19.8. The number of aryl methyl sites for hydroxylation is 1. The molecule has 0 unspecified atom stereocenters. The Kier molecular flexibility index (Phi) is 5.07. The number of ether oxygens (including phenoxy) is 3. The molecule has 3 amide bonds. The Morgan fingerprint density at radius 2 is 1.87 bits per heavy atom. The van der Waals surface area contributed by atoms with Gasteiger partial charge in [0.05, 0.1) is 13.7 Å². The van der Waals surface area contributed by atoms with E-state index in [0.29, 0.717) is 29.9 Å². The highest BCUT2D eigenvalue weighted by molar-refractivity contribution is 6.11. The molecular formula is C22H22N2O6. The Morgan fingerprint density at radius 1 is 1.13 bits per heavy atom. The van der Waals surface area contributed by atoms with Gasteiger partial charge in [0.15, 0.2) is 17.3 Å². The van der Waals surface area contributed by atoms with Crippen LogP contribution >= 0.6 is 0 Å². The van der Waals surface area contributed by atoms with E-state index in [0.717, 1.165) is 16.2 Å². The third kappa shape index (κ3) is 3.68. The number of nitrogens with one attached hydrogen (secondary N) is 1. The second-order valence-electron chi connectivity index (χ2n) is 7.49. The summed E-state index contributed by atoms with van der Waals surface area (Å²) in [6.07, 6.45) is 1.01. The van der Waals surface area contributed by atoms with Crippen molar-refractivity contribution in [1.82, 2.24) is 10.2 Å². The van der Waals surface area contributed by atoms with E-state index in [1.54, 1.807) is 32.2 Å². The molecule has 2 aliphatic rings. The average molecular weight is 410 g/mol. The van der Waals surface area contributed by atoms with Crippen molar-refractivity contribution in [2.75, 3.05) is 20.4 Å². The second kappa shape index (κ2) is 7.70. The van der Waals surface area contributed by atoms with Gasteiger partial charge in [0, 0.05) is 5.56 Å². The fourth-order valence-corrected chi connectivity index (χ4v) is 3.55. The quantitative estimate of drug-likeness (QED) is 0.557. The molecular weight excluding hydrogens is 388 g/mol. The summed E-state index contributed by atoms with van der Waals surface area (Å²) in [6, 6.07) is 11.8. The van der Waals surface area contributed by atoms with Gasteiger partial charge in [-0.3, -0.25) is 14.5 Å². The smallest absolute Gasteiger partial charge is 0.325 e. The molecule has 0 bridgehead atoms. The van der Waals surface area contributed by atoms with Gasteiger partial charge in [-0.05, 0) is 55.7 Å². The lowest BCUT2D eigenvalue weighted by atomic mass is 9.93. The third-order valence-corrected chi connectivity index (χ3v) is 5.41. The SMILES string of the molecule is COc1ccc(CC[C@]2(C)NC(=O)N(CC(=O)c3ccc4c(c3)OCO4)C2=O)cc1. The van der Waals surface area contributed by atoms with E-state index >= 15 is 0 Å². The Labute approximate surface area is 173 Å². The van der Waals surface area contributed by atoms with E-state index < -0.39 is 17.5 Å². The maximum absolute atomic E-state index is 12.9. The van der Waals surface area contributed by atoms with Gasteiger partial charge in [-0.25, -0.2) is 4.79 Å². The highest BCUT2D eigenvalue weighted by Crippen LogP contribution is 2.33. The van der Waals surface area contributed by atoms with Crippen LogP contribution in [0.5, 0.6) is 17.2 Å². The van der Waals surface area contributed by atoms with E-state index in [4.69, 9.17) is 14.2 Å². The highest BCUT2D eigenvalue weighted by atomic mass is 16.7. The zero-order chi connectivity index (χ0) is 21.3. The van der Waals surface area contributed by atoms with Crippen molar-refractivity contribution in [3.05, 3.63) is 53.6 Å². The maximum Gasteiger partial charge on any atom is 0.325 e. The maximum atomic E-state index is 12.9. The number of carbonyl (C=O) groups excluding carboxylic acids is 3. The number of carbonyl (C=O) groups is 3. The molecule has 2 heterocycles. The van der Waals surface area contributed by atoms with Crippen LogP contribution in [0.3, 0.4) is 0 Å². The number of Topliss-reactive ketones (excluding diaryl/α,β-unsaturated/α-hetero) is 1. The summed E-state index contributed by atoms with van der Waals surface area (Å²) in [5.41, 5.74) is 0.312. The molecule has 4 rings (SSSR count). The van der Waals surface area contributed by atoms with Gasteiger partial charge in [-0.15, -0.1) is 0 Å². The fraction of sp³-hybridized carbons (Fsp3) is 0.318. The molecule has 1 saturated heterocycles. The number of amides is 3. The number of ketones is 1. The normalized spacial score (nSPS) is 19.7. The van der Waals surface area contributed by atoms with Crippen LogP contribution in [-0.2, 0) is 11.2 Å². The van der Waals surface area contributed by atoms with Gasteiger partial charge < -0.3 is 19.5 Å². The minimum Gasteiger partial charge on any atom is -0.497 e. The Morgan fingerprint density at radius 3 is 2.60 bits per heavy atom. The lowest BCUT2D eigenvalue weighted by Crippen LogP contribution is -2.44. The van der Waals surface area contributed by atoms with Crippen molar-refractivity contribution < 1.29 is 28.6 Å². The number of hydrogen-bond donors (Lipinski definition) is 1. The van der Waals surface area contributed by atoms with E-state index in [1.165, 1.54) is 0 Å². The monoisotopic (exact) mass is 410 g/mol. The molecule has 2 aromatic carbocycles. The Balaban J connectivity index is 1.41. The summed E-state index contributed by atoms with van der Waals surface area (Å²) in [5, 5.41) is 2.74. The number of nitrogens with zero attached hydrogens (tertiary/aromatic N) is 1. The molecule has 1 atom stereocenters. The van der Waals surface area contributed by atoms with Gasteiger partial charge in [-0.1, -0.05) is 12.1 Å². The Bertz CT molecular complexity index is 1000. The molecule has 0 radical (unpaired) electrons. The molecule has 2 aliphatic heterocycles. The highest BCUT2D eigenvalue weighted by Gasteiger charge is 2.47. The number of urea groups is 1. The molecule has 1 fully saturated rings. The number of methoxy groups -OCH3 is 1. The van der Waals surface area contributed by atoms with E-state index in [-0.39, 0.29) is 19.1 Å². The minimum atomic E-state index is -1.06. The number of fused-ring (bicyclic) bond motifs is 1. The molecule has 2 aromatic rings. The van der Waals surface area contributed by atoms with Crippen LogP contribution in [0.1, 0.15) is 29.3 Å². The molecule has 30 heavy (non-hydrogen) atoms. The predicted molar refractivity (Wildman–Crippen MR) is 107 cm³/mol. The van der Waals surface area contributed by atoms with Crippen LogP contribution in [0.2, 0.25) is 0 Å². The van der Waals surface area contributed by atoms with E-state index in [1.807, 2.05) is 24.3 Å². The first-order chi connectivity index (χ1) is 14.4. The lowest BCUT2D eigenvalue weighted by molar-refractivity contribution is -0.130. The largest absolute Gasteiger partial charge is 0.497 e. The zero-order valence-corrected chi connectivity index (χ0v) is 16.8. The van der Waals surface area contributed by atoms with Crippen molar-refractivity contribution >= 4 is 17.7 Å². The summed E-state index contributed by atoms with van der Waals surface area (Å²) in [4.78, 5) is 39.0. The molecule has 1 N–H and O–H groups in total. The standard InChI is InChI=1S/C22H22N2O6/c1-22(10-9-14-3-6-16(28-2)7-4-14)20(26)24(21(27)23-22)12-17(25)15-5-8-18-19(11-15)30-13-29-18/h3-8,11H,9-10,12-13H2,1-2H3,(H,23,27)/t22-/m0/s1. The van der Waals surface area contributed by atoms with E-state index in [2.05, 4.69) is 5.32 Å². The predicted octanol–water partition coefficient (Wildman–Crippen LogP) is 2.55. The van der Waals surface area contributed by atoms with Crippen molar-refractivity contribution in [2.45, 2.75) is 25.3 Å². The number of imide groups is 1. The Hall–Kier alpha value is -3.55. The molecule has 8 heteroatoms. The first-order valence-electron chi connectivity index (χ1n) is 9.59. The van der Waals surface area contributed by atoms with Crippen molar-refractivity contribution in [3.63, 3.8) is 0 Å². The number of benzene rings is 2. The van der Waals surface area contributed by atoms with Gasteiger partial charge in [-0.2, -0.15) is 0 Å². The van der Waals surface area contributed by atoms with Crippen LogP contribution in [0, 0.1) is 0 Å². The summed E-state index contributed by atoms with van der Waals surface area (Å²) in [5.74, 6) is 1.03. The van der Waals surface area contributed by atoms with Crippen molar-refractivity contribution in [2.24, 2.45) is 0 Å². The molecule has 0 spiro atoms. The minimum absolute atomic E-state index is 0.104. The van der Waals surface area contributed by atoms with Gasteiger partial charge in [0.1, 0.15) is 11.3 Å². The fourth-order valence-electron chi connectivity index (χ4n) is 3.55. The first-order valence-corrected chi connectivity index (χ1v) is 9.59. The average Bonchev–Trinajstić information content (AvgIpc) is 3.30. The lowest BCUT2D eigenvalue weighted by Gasteiger charge is -2.21. The second-order valence-corrected chi connectivity index (χ2v) is 7.49. The summed E-state index contributed by atoms with van der Waals surface area (Å²) in [6.45, 7) is 1.46. The summed E-state index contributed by atoms with van der Waals surface area (Å²) >= 11 is 0. The van der Waals surface area contributed by atoms with Crippen LogP contribution in [-0.4, -0.2) is 48.6 Å². The number of hydrogen-bond acceptors (Lipinski definition) is 6. The van der Waals surface area contributed by atoms with Gasteiger partial charge in [0.25, 0.3) is 5.91 Å². The van der Waals surface area contributed by atoms with Crippen LogP contribution in [0.4, 0.5) is 4.79 Å². The molecule has 156 valence electrons. The van der Waals surface area contributed by atoms with Crippen molar-refractivity contribution in [1.29, 1.82) is 0 Å². The molecule has 8 nitrogen and oxygen atoms in total. The van der Waals surface area contributed by atoms with Crippen LogP contribution in [0.15, 0.2) is 42.5 Å². The van der Waals surface area contributed by atoms with Crippen LogP contribution in [0.25, 0.3) is 0 Å². The van der Waals surface area contributed by atoms with Gasteiger partial charge >= 0.3 is 6.03 Å². The topological polar surface area (TPSA) is 94.2 Å².